The zero-order valence-corrected chi connectivity index (χ0v) is 44.2. The van der Waals surface area contributed by atoms with E-state index in [4.69, 9.17) is 0 Å². The topological polar surface area (TPSA) is 6.48 Å². The highest BCUT2D eigenvalue weighted by Crippen LogP contribution is 2.39. The second-order valence-corrected chi connectivity index (χ2v) is 22.2. The standard InChI is InChI=1S/C48H63N.C18H23N/c1-8-36(3)34-45(9-2)49(46-30-28-44(29-31-46)48(5,6)7)47-32-27-41(39-17-13-10-11-14-18-39)23-21-37(4)33-38-22-24-42(47)25-26-43(35-38)40-19-15-12-16-20-40;1-14-7-6-8-17(13-14)19(5)16-11-9-15(10-12-16)18(2,3)4/h8-9,21,23,25-35,39-40H,2,10-20,22,24H2,1,3-7H3;6-13H,1-5H3/b23-21?,26-25?,32-27?,36-8-,37-21?,37-33?,38-33?,38-35?,41-23?,41-27?,42-25?,43-26?,43-35?,45-34+,47-32?,47-42?;. The monoisotopic (exact) mass is 907 g/mol. The van der Waals surface area contributed by atoms with Gasteiger partial charge < -0.3 is 9.80 Å². The van der Waals surface area contributed by atoms with E-state index in [0.29, 0.717) is 11.8 Å². The molecule has 0 radical (unpaired) electrons. The number of hydrogen-bond acceptors (Lipinski definition) is 2. The molecule has 7 rings (SSSR count). The molecule has 68 heavy (non-hydrogen) atoms. The molecular weight excluding hydrogens is 821 g/mol. The average molecular weight is 907 g/mol. The highest BCUT2D eigenvalue weighted by molar-refractivity contribution is 5.67. The molecule has 0 spiro atoms. The fourth-order valence-electron chi connectivity index (χ4n) is 10.2. The van der Waals surface area contributed by atoms with Gasteiger partial charge in [-0.2, -0.15) is 0 Å². The molecule has 0 unspecified atom stereocenters. The minimum atomic E-state index is 0.0912. The molecule has 4 aliphatic carbocycles. The number of rotatable bonds is 9. The van der Waals surface area contributed by atoms with Crippen LogP contribution in [0.1, 0.15) is 162 Å². The summed E-state index contributed by atoms with van der Waals surface area (Å²) in [7, 11) is 2.11. The second kappa shape index (κ2) is 24.3. The maximum atomic E-state index is 4.38. The van der Waals surface area contributed by atoms with Crippen molar-refractivity contribution >= 4 is 17.1 Å². The highest BCUT2D eigenvalue weighted by atomic mass is 15.2. The molecule has 360 valence electrons. The summed E-state index contributed by atoms with van der Waals surface area (Å²) < 4.78 is 0. The van der Waals surface area contributed by atoms with Gasteiger partial charge in [0.05, 0.1) is 0 Å². The Labute approximate surface area is 415 Å². The van der Waals surface area contributed by atoms with Crippen LogP contribution in [0, 0.1) is 18.8 Å². The summed E-state index contributed by atoms with van der Waals surface area (Å²) in [4.78, 5) is 4.70. The van der Waals surface area contributed by atoms with Crippen LogP contribution in [-0.4, -0.2) is 7.05 Å². The van der Waals surface area contributed by atoms with Gasteiger partial charge in [-0.25, -0.2) is 0 Å². The number of benzene rings is 3. The van der Waals surface area contributed by atoms with E-state index in [0.717, 1.165) is 18.5 Å². The number of fused-ring (bicyclic) bond motifs is 3. The van der Waals surface area contributed by atoms with Crippen LogP contribution < -0.4 is 9.80 Å². The Kier molecular flexibility index (Phi) is 18.6. The van der Waals surface area contributed by atoms with Crippen molar-refractivity contribution in [2.75, 3.05) is 16.8 Å². The normalized spacial score (nSPS) is 18.3. The summed E-state index contributed by atoms with van der Waals surface area (Å²) in [6, 6.07) is 26.7. The van der Waals surface area contributed by atoms with Gasteiger partial charge in [-0.15, -0.1) is 0 Å². The lowest BCUT2D eigenvalue weighted by Gasteiger charge is -2.32. The second-order valence-electron chi connectivity index (χ2n) is 22.2. The van der Waals surface area contributed by atoms with Gasteiger partial charge >= 0.3 is 0 Å². The lowest BCUT2D eigenvalue weighted by atomic mass is 9.81. The molecule has 0 aliphatic heterocycles. The van der Waals surface area contributed by atoms with Crippen molar-refractivity contribution in [3.8, 4) is 0 Å². The van der Waals surface area contributed by atoms with Crippen molar-refractivity contribution in [2.45, 2.75) is 164 Å². The Morgan fingerprint density at radius 1 is 0.618 bits per heavy atom. The van der Waals surface area contributed by atoms with Gasteiger partial charge in [0.2, 0.25) is 0 Å². The maximum Gasteiger partial charge on any atom is 0.0493 e. The molecule has 4 aliphatic rings. The number of aryl methyl sites for hydroxylation is 1. The third-order valence-corrected chi connectivity index (χ3v) is 14.7. The fraction of sp³-hybridized carbons (Fsp3) is 0.424. The van der Waals surface area contributed by atoms with E-state index in [9.17, 15) is 0 Å². The van der Waals surface area contributed by atoms with E-state index in [2.05, 4.69) is 226 Å². The molecule has 3 aromatic rings. The molecule has 2 nitrogen and oxygen atoms in total. The highest BCUT2D eigenvalue weighted by Gasteiger charge is 2.24. The first kappa shape index (κ1) is 52.0. The van der Waals surface area contributed by atoms with Crippen molar-refractivity contribution in [1.82, 2.24) is 0 Å². The van der Waals surface area contributed by atoms with Crippen molar-refractivity contribution in [1.29, 1.82) is 0 Å². The SMILES string of the molecule is C=C/C(=C\C(C)=C/C)N(C1=CC=C(C2CCCCCC2)C=CC(C)=CC2=CC(C3CCCCC3)=CC=C1CC2)c1ccc(C(C)(C)C)cc1.Cc1cccc(N(C)c2ccc(C(C)(C)C)cc2)c1. The van der Waals surface area contributed by atoms with Gasteiger partial charge in [0.25, 0.3) is 0 Å². The zero-order chi connectivity index (χ0) is 48.8. The first-order valence-electron chi connectivity index (χ1n) is 26.2. The molecule has 2 fully saturated rings. The van der Waals surface area contributed by atoms with Crippen LogP contribution in [-0.2, 0) is 10.8 Å². The number of allylic oxidation sites excluding steroid dienone is 17. The van der Waals surface area contributed by atoms with E-state index < -0.39 is 0 Å². The molecule has 2 saturated carbocycles. The van der Waals surface area contributed by atoms with Crippen LogP contribution in [0.3, 0.4) is 0 Å². The maximum absolute atomic E-state index is 4.38. The quantitative estimate of drug-likeness (QED) is 0.156. The van der Waals surface area contributed by atoms with E-state index in [1.165, 1.54) is 144 Å². The Bertz CT molecular complexity index is 2440. The number of anilines is 3. The van der Waals surface area contributed by atoms with Crippen LogP contribution in [0.5, 0.6) is 0 Å². The van der Waals surface area contributed by atoms with Crippen molar-refractivity contribution in [3.05, 3.63) is 208 Å². The summed E-state index contributed by atoms with van der Waals surface area (Å²) >= 11 is 0. The van der Waals surface area contributed by atoms with Gasteiger partial charge in [0.1, 0.15) is 0 Å². The van der Waals surface area contributed by atoms with Crippen molar-refractivity contribution in [2.24, 2.45) is 11.8 Å². The molecule has 0 heterocycles. The molecule has 0 atom stereocenters. The van der Waals surface area contributed by atoms with Gasteiger partial charge in [0.15, 0.2) is 0 Å². The Balaban J connectivity index is 0.000000333. The third kappa shape index (κ3) is 14.6. The Morgan fingerprint density at radius 2 is 1.18 bits per heavy atom. The molecule has 0 saturated heterocycles. The fourth-order valence-corrected chi connectivity index (χ4v) is 10.2. The molecule has 2 bridgehead atoms. The summed E-state index contributed by atoms with van der Waals surface area (Å²) in [5, 5.41) is 0. The van der Waals surface area contributed by atoms with Gasteiger partial charge in [0, 0.05) is 35.5 Å². The van der Waals surface area contributed by atoms with Crippen LogP contribution in [0.15, 0.2) is 191 Å². The largest absolute Gasteiger partial charge is 0.345 e. The average Bonchev–Trinajstić information content (AvgIpc) is 3.61. The Morgan fingerprint density at radius 3 is 1.74 bits per heavy atom. The van der Waals surface area contributed by atoms with Crippen molar-refractivity contribution in [3.63, 3.8) is 0 Å². The molecule has 0 aromatic heterocycles. The van der Waals surface area contributed by atoms with Crippen molar-refractivity contribution < 1.29 is 0 Å². The van der Waals surface area contributed by atoms with Gasteiger partial charge in [-0.05, 0) is 182 Å². The Hall–Kier alpha value is -5.34. The summed E-state index contributed by atoms with van der Waals surface area (Å²) in [6.45, 7) is 26.7. The van der Waals surface area contributed by atoms with E-state index in [1.807, 2.05) is 6.08 Å². The molecule has 0 amide bonds. The summed E-state index contributed by atoms with van der Waals surface area (Å²) in [6.07, 6.45) is 42.9. The first-order valence-corrected chi connectivity index (χ1v) is 26.2. The number of hydrogen-bond donors (Lipinski definition) is 0. The smallest absolute Gasteiger partial charge is 0.0493 e. The van der Waals surface area contributed by atoms with Crippen LogP contribution >= 0.6 is 0 Å². The summed E-state index contributed by atoms with van der Waals surface area (Å²) in [5.74, 6) is 1.24. The zero-order valence-electron chi connectivity index (χ0n) is 44.2. The van der Waals surface area contributed by atoms with Gasteiger partial charge in [-0.3, -0.25) is 0 Å². The predicted molar refractivity (Wildman–Crippen MR) is 300 cm³/mol. The molecule has 0 N–H and O–H groups in total. The van der Waals surface area contributed by atoms with Crippen LogP contribution in [0.4, 0.5) is 17.1 Å². The minimum Gasteiger partial charge on any atom is -0.345 e. The lowest BCUT2D eigenvalue weighted by Crippen LogP contribution is -2.23. The van der Waals surface area contributed by atoms with E-state index in [-0.39, 0.29) is 10.8 Å². The lowest BCUT2D eigenvalue weighted by molar-refractivity contribution is 0.408. The van der Waals surface area contributed by atoms with Crippen LogP contribution in [0.25, 0.3) is 0 Å². The number of nitrogens with zero attached hydrogens (tertiary/aromatic N) is 2. The molecular formula is C66H86N2. The molecule has 2 heteroatoms. The first-order chi connectivity index (χ1) is 32.5. The molecule has 3 aromatic carbocycles. The van der Waals surface area contributed by atoms with Gasteiger partial charge in [-0.1, -0.05) is 189 Å². The van der Waals surface area contributed by atoms with Crippen LogP contribution in [0.2, 0.25) is 0 Å². The summed E-state index contributed by atoms with van der Waals surface area (Å²) in [5.41, 5.74) is 18.7. The minimum absolute atomic E-state index is 0.0912. The van der Waals surface area contributed by atoms with E-state index in [1.54, 1.807) is 0 Å². The predicted octanol–water partition coefficient (Wildman–Crippen LogP) is 19.3. The third-order valence-electron chi connectivity index (χ3n) is 14.7. The van der Waals surface area contributed by atoms with E-state index >= 15 is 0 Å².